The number of rotatable bonds is 2. The van der Waals surface area contributed by atoms with Crippen molar-refractivity contribution in [2.24, 2.45) is 0 Å². The van der Waals surface area contributed by atoms with Crippen LogP contribution in [0, 0.1) is 0 Å². The molecule has 0 aliphatic carbocycles. The molecule has 0 spiro atoms. The van der Waals surface area contributed by atoms with Gasteiger partial charge in [-0.2, -0.15) is 0 Å². The Hall–Kier alpha value is -2.21. The van der Waals surface area contributed by atoms with Crippen molar-refractivity contribution in [3.63, 3.8) is 0 Å². The lowest BCUT2D eigenvalue weighted by atomic mass is 10.1. The Balaban J connectivity index is 2.31. The fourth-order valence-corrected chi connectivity index (χ4v) is 2.64. The number of nitrogen functional groups attached to an aromatic ring is 1. The zero-order chi connectivity index (χ0) is 12.5. The third-order valence-corrected chi connectivity index (χ3v) is 3.49. The second kappa shape index (κ2) is 4.23. The van der Waals surface area contributed by atoms with E-state index in [1.807, 2.05) is 12.1 Å². The molecule has 0 aliphatic rings. The highest BCUT2D eigenvalue weighted by atomic mass is 32.1. The van der Waals surface area contributed by atoms with Gasteiger partial charge in [-0.15, -0.1) is 0 Å². The first-order chi connectivity index (χ1) is 8.79. The monoisotopic (exact) mass is 258 g/mol. The smallest absolute Gasteiger partial charge is 0.241 e. The van der Waals surface area contributed by atoms with Gasteiger partial charge in [-0.3, -0.25) is 4.98 Å². The molecule has 0 fully saturated rings. The Morgan fingerprint density at radius 1 is 1.33 bits per heavy atom. The van der Waals surface area contributed by atoms with E-state index >= 15 is 0 Å². The van der Waals surface area contributed by atoms with Gasteiger partial charge in [0.2, 0.25) is 5.88 Å². The summed E-state index contributed by atoms with van der Waals surface area (Å²) in [6.45, 7) is 0. The predicted octanol–water partition coefficient (Wildman–Crippen LogP) is 2.34. The van der Waals surface area contributed by atoms with E-state index in [0.29, 0.717) is 16.5 Å². The third-order valence-electron chi connectivity index (χ3n) is 2.57. The molecule has 0 saturated carbocycles. The highest BCUT2D eigenvalue weighted by Gasteiger charge is 2.14. The van der Waals surface area contributed by atoms with Crippen molar-refractivity contribution in [1.29, 1.82) is 0 Å². The van der Waals surface area contributed by atoms with Crippen LogP contribution in [0.15, 0.2) is 30.7 Å². The van der Waals surface area contributed by atoms with Gasteiger partial charge in [0.1, 0.15) is 5.52 Å². The Morgan fingerprint density at radius 3 is 2.94 bits per heavy atom. The van der Waals surface area contributed by atoms with Crippen LogP contribution in [0.4, 0.5) is 5.13 Å². The number of pyridine rings is 2. The summed E-state index contributed by atoms with van der Waals surface area (Å²) < 4.78 is 6.16. The van der Waals surface area contributed by atoms with E-state index < -0.39 is 0 Å². The first kappa shape index (κ1) is 10.9. The third kappa shape index (κ3) is 1.67. The molecule has 0 bridgehead atoms. The molecule has 0 aromatic carbocycles. The minimum atomic E-state index is 0.491. The van der Waals surface area contributed by atoms with Crippen molar-refractivity contribution >= 4 is 26.7 Å². The Kier molecular flexibility index (Phi) is 2.56. The van der Waals surface area contributed by atoms with E-state index in [1.165, 1.54) is 11.3 Å². The normalized spacial score (nSPS) is 10.7. The van der Waals surface area contributed by atoms with E-state index in [9.17, 15) is 0 Å². The molecule has 3 aromatic heterocycles. The van der Waals surface area contributed by atoms with Crippen LogP contribution >= 0.6 is 11.3 Å². The maximum absolute atomic E-state index is 5.77. The SMILES string of the molecule is COc1ncc(-c2cccnc2)c2sc(N)nc12. The molecule has 0 atom stereocenters. The number of nitrogens with zero attached hydrogens (tertiary/aromatic N) is 3. The number of aromatic nitrogens is 3. The number of hydrogen-bond acceptors (Lipinski definition) is 6. The summed E-state index contributed by atoms with van der Waals surface area (Å²) in [6.07, 6.45) is 5.29. The van der Waals surface area contributed by atoms with Gasteiger partial charge in [0.15, 0.2) is 5.13 Å². The minimum Gasteiger partial charge on any atom is -0.479 e. The second-order valence-electron chi connectivity index (χ2n) is 3.65. The molecule has 18 heavy (non-hydrogen) atoms. The van der Waals surface area contributed by atoms with Crippen LogP contribution in [-0.4, -0.2) is 22.1 Å². The lowest BCUT2D eigenvalue weighted by Gasteiger charge is -2.04. The summed E-state index contributed by atoms with van der Waals surface area (Å²) in [6, 6.07) is 3.86. The van der Waals surface area contributed by atoms with Crippen molar-refractivity contribution in [1.82, 2.24) is 15.0 Å². The number of hydrogen-bond donors (Lipinski definition) is 1. The molecule has 6 heteroatoms. The van der Waals surface area contributed by atoms with Crippen LogP contribution in [0.1, 0.15) is 0 Å². The molecular weight excluding hydrogens is 248 g/mol. The van der Waals surface area contributed by atoms with Crippen molar-refractivity contribution in [2.45, 2.75) is 0 Å². The molecular formula is C12H10N4OS. The summed E-state index contributed by atoms with van der Waals surface area (Å²) in [5.74, 6) is 0.491. The zero-order valence-corrected chi connectivity index (χ0v) is 10.4. The van der Waals surface area contributed by atoms with Crippen LogP contribution < -0.4 is 10.5 Å². The number of fused-ring (bicyclic) bond motifs is 1. The molecule has 3 rings (SSSR count). The number of methoxy groups -OCH3 is 1. The molecule has 0 saturated heterocycles. The first-order valence-electron chi connectivity index (χ1n) is 5.29. The Morgan fingerprint density at radius 2 is 2.22 bits per heavy atom. The van der Waals surface area contributed by atoms with E-state index in [4.69, 9.17) is 10.5 Å². The molecule has 3 aromatic rings. The van der Waals surface area contributed by atoms with E-state index in [2.05, 4.69) is 15.0 Å². The molecule has 0 amide bonds. The zero-order valence-electron chi connectivity index (χ0n) is 9.62. The minimum absolute atomic E-state index is 0.491. The van der Waals surface area contributed by atoms with Gasteiger partial charge in [0.05, 0.1) is 11.8 Å². The molecule has 3 heterocycles. The van der Waals surface area contributed by atoms with Crippen molar-refractivity contribution in [2.75, 3.05) is 12.8 Å². The van der Waals surface area contributed by atoms with Crippen LogP contribution in [-0.2, 0) is 0 Å². The Bertz CT molecular complexity index is 696. The van der Waals surface area contributed by atoms with Gasteiger partial charge in [0.25, 0.3) is 0 Å². The highest BCUT2D eigenvalue weighted by molar-refractivity contribution is 7.22. The summed E-state index contributed by atoms with van der Waals surface area (Å²) in [5.41, 5.74) is 8.42. The molecule has 5 nitrogen and oxygen atoms in total. The molecule has 0 unspecified atom stereocenters. The second-order valence-corrected chi connectivity index (χ2v) is 4.68. The van der Waals surface area contributed by atoms with Crippen LogP contribution in [0.3, 0.4) is 0 Å². The van der Waals surface area contributed by atoms with Gasteiger partial charge in [-0.25, -0.2) is 9.97 Å². The van der Waals surface area contributed by atoms with Crippen LogP contribution in [0.25, 0.3) is 21.3 Å². The molecule has 0 aliphatic heterocycles. The summed E-state index contributed by atoms with van der Waals surface area (Å²) >= 11 is 1.42. The number of anilines is 1. The van der Waals surface area contributed by atoms with Gasteiger partial charge in [-0.1, -0.05) is 17.4 Å². The van der Waals surface area contributed by atoms with Gasteiger partial charge < -0.3 is 10.5 Å². The van der Waals surface area contributed by atoms with Crippen molar-refractivity contribution in [3.05, 3.63) is 30.7 Å². The maximum atomic E-state index is 5.77. The van der Waals surface area contributed by atoms with Crippen LogP contribution in [0.5, 0.6) is 5.88 Å². The standard InChI is InChI=1S/C12H10N4OS/c1-17-11-9-10(18-12(13)16-9)8(6-15-11)7-3-2-4-14-5-7/h2-6H,1H3,(H2,13,16). The molecule has 0 radical (unpaired) electrons. The average molecular weight is 258 g/mol. The lowest BCUT2D eigenvalue weighted by molar-refractivity contribution is 0.402. The van der Waals surface area contributed by atoms with Crippen LogP contribution in [0.2, 0.25) is 0 Å². The fraction of sp³-hybridized carbons (Fsp3) is 0.0833. The highest BCUT2D eigenvalue weighted by Crippen LogP contribution is 2.36. The first-order valence-corrected chi connectivity index (χ1v) is 6.10. The van der Waals surface area contributed by atoms with Crippen molar-refractivity contribution in [3.8, 4) is 17.0 Å². The maximum Gasteiger partial charge on any atom is 0.241 e. The fourth-order valence-electron chi connectivity index (χ4n) is 1.78. The number of ether oxygens (including phenoxy) is 1. The quantitative estimate of drug-likeness (QED) is 0.763. The summed E-state index contributed by atoms with van der Waals surface area (Å²) in [5, 5.41) is 0.501. The van der Waals surface area contributed by atoms with Crippen molar-refractivity contribution < 1.29 is 4.74 Å². The summed E-state index contributed by atoms with van der Waals surface area (Å²) in [4.78, 5) is 12.6. The van der Waals surface area contributed by atoms with E-state index in [0.717, 1.165) is 15.8 Å². The molecule has 2 N–H and O–H groups in total. The van der Waals surface area contributed by atoms with E-state index in [-0.39, 0.29) is 0 Å². The summed E-state index contributed by atoms with van der Waals surface area (Å²) in [7, 11) is 1.57. The van der Waals surface area contributed by atoms with Gasteiger partial charge in [-0.05, 0) is 6.07 Å². The number of thiazole rings is 1. The topological polar surface area (TPSA) is 73.9 Å². The predicted molar refractivity (Wildman–Crippen MR) is 71.6 cm³/mol. The average Bonchev–Trinajstić information content (AvgIpc) is 2.80. The molecule has 90 valence electrons. The van der Waals surface area contributed by atoms with Gasteiger partial charge in [0, 0.05) is 29.7 Å². The lowest BCUT2D eigenvalue weighted by Crippen LogP contribution is -1.90. The Labute approximate surface area is 107 Å². The van der Waals surface area contributed by atoms with Gasteiger partial charge >= 0.3 is 0 Å². The number of nitrogens with two attached hydrogens (primary N) is 1. The largest absolute Gasteiger partial charge is 0.479 e. The van der Waals surface area contributed by atoms with E-state index in [1.54, 1.807) is 25.7 Å².